The molecular formula is C19H21FN2O2S. The van der Waals surface area contributed by atoms with Crippen LogP contribution in [-0.2, 0) is 4.79 Å². The quantitative estimate of drug-likeness (QED) is 0.905. The Morgan fingerprint density at radius 3 is 2.48 bits per heavy atom. The smallest absolute Gasteiger partial charge is 0.263 e. The van der Waals surface area contributed by atoms with Crippen molar-refractivity contribution in [2.75, 3.05) is 13.1 Å². The molecule has 0 aliphatic carbocycles. The molecule has 2 aromatic rings. The molecule has 132 valence electrons. The molecule has 1 N–H and O–H groups in total. The van der Waals surface area contributed by atoms with Gasteiger partial charge in [0, 0.05) is 19.0 Å². The Bertz CT molecular complexity index is 722. The number of halogens is 1. The van der Waals surface area contributed by atoms with Crippen LogP contribution in [0, 0.1) is 11.7 Å². The van der Waals surface area contributed by atoms with E-state index in [0.717, 1.165) is 10.4 Å². The SMILES string of the molecule is CC(NC(=O)C1CCN(C(=O)c2cccs2)CC1)c1ccc(F)cc1. The van der Waals surface area contributed by atoms with Gasteiger partial charge in [-0.25, -0.2) is 4.39 Å². The van der Waals surface area contributed by atoms with Crippen molar-refractivity contribution < 1.29 is 14.0 Å². The summed E-state index contributed by atoms with van der Waals surface area (Å²) < 4.78 is 13.0. The average Bonchev–Trinajstić information content (AvgIpc) is 3.16. The van der Waals surface area contributed by atoms with Gasteiger partial charge in [0.15, 0.2) is 0 Å². The van der Waals surface area contributed by atoms with E-state index in [1.54, 1.807) is 12.1 Å². The van der Waals surface area contributed by atoms with E-state index < -0.39 is 0 Å². The average molecular weight is 360 g/mol. The first kappa shape index (κ1) is 17.6. The van der Waals surface area contributed by atoms with Crippen molar-refractivity contribution in [3.63, 3.8) is 0 Å². The largest absolute Gasteiger partial charge is 0.349 e. The summed E-state index contributed by atoms with van der Waals surface area (Å²) in [6, 6.07) is 9.69. The van der Waals surface area contributed by atoms with Crippen LogP contribution in [0.15, 0.2) is 41.8 Å². The number of rotatable bonds is 4. The summed E-state index contributed by atoms with van der Waals surface area (Å²) in [6.45, 7) is 3.08. The van der Waals surface area contributed by atoms with Gasteiger partial charge in [-0.05, 0) is 48.9 Å². The monoisotopic (exact) mass is 360 g/mol. The Kier molecular flexibility index (Phi) is 5.48. The van der Waals surface area contributed by atoms with Gasteiger partial charge in [0.2, 0.25) is 5.91 Å². The molecule has 4 nitrogen and oxygen atoms in total. The number of nitrogens with zero attached hydrogens (tertiary/aromatic N) is 1. The van der Waals surface area contributed by atoms with Crippen LogP contribution in [0.2, 0.25) is 0 Å². The third kappa shape index (κ3) is 4.25. The van der Waals surface area contributed by atoms with E-state index in [1.807, 2.05) is 29.3 Å². The summed E-state index contributed by atoms with van der Waals surface area (Å²) in [6.07, 6.45) is 1.33. The zero-order valence-corrected chi connectivity index (χ0v) is 14.9. The fraction of sp³-hybridized carbons (Fsp3) is 0.368. The van der Waals surface area contributed by atoms with Gasteiger partial charge in [0.25, 0.3) is 5.91 Å². The fourth-order valence-corrected chi connectivity index (χ4v) is 3.76. The molecule has 2 amide bonds. The van der Waals surface area contributed by atoms with Crippen LogP contribution < -0.4 is 5.32 Å². The molecule has 1 aromatic heterocycles. The van der Waals surface area contributed by atoms with Crippen LogP contribution in [0.25, 0.3) is 0 Å². The maximum absolute atomic E-state index is 13.0. The molecule has 1 aliphatic heterocycles. The third-order valence-electron chi connectivity index (χ3n) is 4.61. The summed E-state index contributed by atoms with van der Waals surface area (Å²) in [7, 11) is 0. The van der Waals surface area contributed by atoms with E-state index in [4.69, 9.17) is 0 Å². The Balaban J connectivity index is 1.51. The van der Waals surface area contributed by atoms with Gasteiger partial charge in [-0.2, -0.15) is 0 Å². The van der Waals surface area contributed by atoms with Crippen molar-refractivity contribution in [1.29, 1.82) is 0 Å². The van der Waals surface area contributed by atoms with E-state index in [2.05, 4.69) is 5.32 Å². The van der Waals surface area contributed by atoms with Crippen molar-refractivity contribution in [3.8, 4) is 0 Å². The molecule has 0 spiro atoms. The lowest BCUT2D eigenvalue weighted by atomic mass is 9.95. The standard InChI is InChI=1S/C19H21FN2O2S/c1-13(14-4-6-16(20)7-5-14)21-18(23)15-8-10-22(11-9-15)19(24)17-3-2-12-25-17/h2-7,12-13,15H,8-11H2,1H3,(H,21,23). The van der Waals surface area contributed by atoms with E-state index in [-0.39, 0.29) is 29.6 Å². The van der Waals surface area contributed by atoms with Crippen LogP contribution in [0.5, 0.6) is 0 Å². The first-order valence-electron chi connectivity index (χ1n) is 8.43. The molecular weight excluding hydrogens is 339 g/mol. The lowest BCUT2D eigenvalue weighted by Crippen LogP contribution is -2.43. The number of thiophene rings is 1. The van der Waals surface area contributed by atoms with Gasteiger partial charge >= 0.3 is 0 Å². The molecule has 3 rings (SSSR count). The molecule has 0 saturated carbocycles. The topological polar surface area (TPSA) is 49.4 Å². The molecule has 0 bridgehead atoms. The zero-order valence-electron chi connectivity index (χ0n) is 14.1. The zero-order chi connectivity index (χ0) is 17.8. The number of piperidine rings is 1. The molecule has 1 unspecified atom stereocenters. The van der Waals surface area contributed by atoms with Crippen LogP contribution >= 0.6 is 11.3 Å². The lowest BCUT2D eigenvalue weighted by molar-refractivity contribution is -0.126. The highest BCUT2D eigenvalue weighted by Gasteiger charge is 2.28. The molecule has 0 radical (unpaired) electrons. The van der Waals surface area contributed by atoms with Crippen molar-refractivity contribution in [2.45, 2.75) is 25.8 Å². The van der Waals surface area contributed by atoms with Crippen LogP contribution in [0.4, 0.5) is 4.39 Å². The highest BCUT2D eigenvalue weighted by atomic mass is 32.1. The van der Waals surface area contributed by atoms with Gasteiger partial charge in [0.1, 0.15) is 5.82 Å². The maximum atomic E-state index is 13.0. The molecule has 1 aliphatic rings. The predicted octanol–water partition coefficient (Wildman–Crippen LogP) is 3.62. The van der Waals surface area contributed by atoms with Gasteiger partial charge in [0.05, 0.1) is 10.9 Å². The summed E-state index contributed by atoms with van der Waals surface area (Å²) in [5, 5.41) is 4.89. The van der Waals surface area contributed by atoms with Crippen molar-refractivity contribution >= 4 is 23.2 Å². The minimum absolute atomic E-state index is 0.0000441. The van der Waals surface area contributed by atoms with Crippen molar-refractivity contribution in [2.24, 2.45) is 5.92 Å². The van der Waals surface area contributed by atoms with Crippen molar-refractivity contribution in [3.05, 3.63) is 58.0 Å². The highest BCUT2D eigenvalue weighted by molar-refractivity contribution is 7.12. The normalized spacial score (nSPS) is 16.5. The molecule has 25 heavy (non-hydrogen) atoms. The van der Waals surface area contributed by atoms with E-state index >= 15 is 0 Å². The molecule has 1 aromatic carbocycles. The molecule has 2 heterocycles. The Labute approximate surface area is 150 Å². The van der Waals surface area contributed by atoms with Crippen LogP contribution in [0.1, 0.15) is 41.0 Å². The second-order valence-corrected chi connectivity index (χ2v) is 7.27. The molecule has 6 heteroatoms. The second-order valence-electron chi connectivity index (χ2n) is 6.33. The van der Waals surface area contributed by atoms with Gasteiger partial charge < -0.3 is 10.2 Å². The third-order valence-corrected chi connectivity index (χ3v) is 5.47. The summed E-state index contributed by atoms with van der Waals surface area (Å²) in [5.41, 5.74) is 0.875. The predicted molar refractivity (Wildman–Crippen MR) is 95.9 cm³/mol. The Hall–Kier alpha value is -2.21. The summed E-state index contributed by atoms with van der Waals surface area (Å²) >= 11 is 1.44. The van der Waals surface area contributed by atoms with Gasteiger partial charge in [-0.3, -0.25) is 9.59 Å². The summed E-state index contributed by atoms with van der Waals surface area (Å²) in [4.78, 5) is 27.4. The minimum atomic E-state index is -0.287. The van der Waals surface area contributed by atoms with Gasteiger partial charge in [-0.15, -0.1) is 11.3 Å². The number of carbonyl (C=O) groups is 2. The van der Waals surface area contributed by atoms with Gasteiger partial charge in [-0.1, -0.05) is 18.2 Å². The minimum Gasteiger partial charge on any atom is -0.349 e. The molecule has 1 atom stereocenters. The number of likely N-dealkylation sites (tertiary alicyclic amines) is 1. The number of amides is 2. The van der Waals surface area contributed by atoms with E-state index in [9.17, 15) is 14.0 Å². The van der Waals surface area contributed by atoms with E-state index in [0.29, 0.717) is 25.9 Å². The number of hydrogen-bond acceptors (Lipinski definition) is 3. The number of nitrogens with one attached hydrogen (secondary N) is 1. The molecule has 1 fully saturated rings. The Morgan fingerprint density at radius 2 is 1.88 bits per heavy atom. The van der Waals surface area contributed by atoms with Crippen LogP contribution in [-0.4, -0.2) is 29.8 Å². The number of hydrogen-bond donors (Lipinski definition) is 1. The second kappa shape index (κ2) is 7.78. The first-order chi connectivity index (χ1) is 12.0. The molecule has 1 saturated heterocycles. The number of carbonyl (C=O) groups excluding carboxylic acids is 2. The lowest BCUT2D eigenvalue weighted by Gasteiger charge is -2.31. The Morgan fingerprint density at radius 1 is 1.20 bits per heavy atom. The van der Waals surface area contributed by atoms with Crippen molar-refractivity contribution in [1.82, 2.24) is 10.2 Å². The highest BCUT2D eigenvalue weighted by Crippen LogP contribution is 2.22. The number of benzene rings is 1. The first-order valence-corrected chi connectivity index (χ1v) is 9.31. The van der Waals surface area contributed by atoms with E-state index in [1.165, 1.54) is 23.5 Å². The summed E-state index contributed by atoms with van der Waals surface area (Å²) in [5.74, 6) is -0.325. The van der Waals surface area contributed by atoms with Crippen LogP contribution in [0.3, 0.4) is 0 Å². The fourth-order valence-electron chi connectivity index (χ4n) is 3.07. The maximum Gasteiger partial charge on any atom is 0.263 e.